The van der Waals surface area contributed by atoms with Crippen LogP contribution in [0.2, 0.25) is 0 Å². The molecule has 0 bridgehead atoms. The van der Waals surface area contributed by atoms with E-state index >= 15 is 0 Å². The molecule has 0 spiro atoms. The van der Waals surface area contributed by atoms with Gasteiger partial charge in [-0.15, -0.1) is 0 Å². The Bertz CT molecular complexity index is 621. The summed E-state index contributed by atoms with van der Waals surface area (Å²) in [6, 6.07) is 8.85. The molecule has 1 heterocycles. The third-order valence-electron chi connectivity index (χ3n) is 4.57. The third-order valence-corrected chi connectivity index (χ3v) is 4.57. The summed E-state index contributed by atoms with van der Waals surface area (Å²) < 4.78 is 0. The largest absolute Gasteiger partial charge is 0.366 e. The van der Waals surface area contributed by atoms with Gasteiger partial charge in [0, 0.05) is 17.3 Å². The molecule has 3 rings (SSSR count). The van der Waals surface area contributed by atoms with Crippen LogP contribution in [0.15, 0.2) is 24.3 Å². The predicted molar refractivity (Wildman–Crippen MR) is 88.7 cm³/mol. The van der Waals surface area contributed by atoms with Crippen LogP contribution in [0.4, 0.5) is 5.82 Å². The maximum absolute atomic E-state index is 4.81. The van der Waals surface area contributed by atoms with E-state index in [1.165, 1.54) is 25.7 Å². The minimum Gasteiger partial charge on any atom is -0.366 e. The molecule has 1 saturated carbocycles. The number of para-hydroxylation sites is 1. The SMILES string of the molecule is CC(C)c1nc(NC2CCCCC2C)c2ccccc2n1. The summed E-state index contributed by atoms with van der Waals surface area (Å²) in [5.41, 5.74) is 1.04. The first-order chi connectivity index (χ1) is 10.1. The van der Waals surface area contributed by atoms with Crippen molar-refractivity contribution in [3.8, 4) is 0 Å². The van der Waals surface area contributed by atoms with Crippen LogP contribution in [-0.4, -0.2) is 16.0 Å². The number of aromatic nitrogens is 2. The quantitative estimate of drug-likeness (QED) is 0.883. The summed E-state index contributed by atoms with van der Waals surface area (Å²) in [6.45, 7) is 6.65. The van der Waals surface area contributed by atoms with Gasteiger partial charge in [-0.1, -0.05) is 45.7 Å². The Morgan fingerprint density at radius 2 is 1.86 bits per heavy atom. The van der Waals surface area contributed by atoms with Crippen molar-refractivity contribution >= 4 is 16.7 Å². The molecule has 0 saturated heterocycles. The molecule has 2 aromatic rings. The van der Waals surface area contributed by atoms with E-state index in [0.717, 1.165) is 28.5 Å². The number of benzene rings is 1. The van der Waals surface area contributed by atoms with Crippen molar-refractivity contribution in [3.63, 3.8) is 0 Å². The smallest absolute Gasteiger partial charge is 0.137 e. The zero-order chi connectivity index (χ0) is 14.8. The van der Waals surface area contributed by atoms with Gasteiger partial charge < -0.3 is 5.32 Å². The van der Waals surface area contributed by atoms with Crippen LogP contribution in [0.5, 0.6) is 0 Å². The summed E-state index contributed by atoms with van der Waals surface area (Å²) in [5, 5.41) is 4.86. The van der Waals surface area contributed by atoms with Crippen LogP contribution in [0.1, 0.15) is 58.2 Å². The van der Waals surface area contributed by atoms with Crippen molar-refractivity contribution in [1.29, 1.82) is 0 Å². The molecule has 1 aliphatic carbocycles. The molecule has 0 aliphatic heterocycles. The molecular weight excluding hydrogens is 258 g/mol. The van der Waals surface area contributed by atoms with Crippen molar-refractivity contribution < 1.29 is 0 Å². The highest BCUT2D eigenvalue weighted by Crippen LogP contribution is 2.29. The van der Waals surface area contributed by atoms with Crippen LogP contribution in [0, 0.1) is 5.92 Å². The van der Waals surface area contributed by atoms with Crippen molar-refractivity contribution in [2.45, 2.75) is 58.4 Å². The molecule has 1 aliphatic rings. The average Bonchev–Trinajstić information content (AvgIpc) is 2.49. The lowest BCUT2D eigenvalue weighted by atomic mass is 9.86. The van der Waals surface area contributed by atoms with E-state index in [0.29, 0.717) is 12.0 Å². The van der Waals surface area contributed by atoms with Gasteiger partial charge in [0.2, 0.25) is 0 Å². The monoisotopic (exact) mass is 283 g/mol. The second-order valence-corrected chi connectivity index (χ2v) is 6.61. The Balaban J connectivity index is 1.99. The minimum atomic E-state index is 0.346. The number of fused-ring (bicyclic) bond motifs is 1. The van der Waals surface area contributed by atoms with E-state index in [-0.39, 0.29) is 0 Å². The molecule has 2 unspecified atom stereocenters. The Morgan fingerprint density at radius 1 is 1.10 bits per heavy atom. The van der Waals surface area contributed by atoms with Crippen LogP contribution >= 0.6 is 0 Å². The molecule has 2 atom stereocenters. The van der Waals surface area contributed by atoms with Gasteiger partial charge in [-0.05, 0) is 30.9 Å². The molecule has 1 N–H and O–H groups in total. The van der Waals surface area contributed by atoms with Crippen molar-refractivity contribution in [2.75, 3.05) is 5.32 Å². The fourth-order valence-electron chi connectivity index (χ4n) is 3.17. The highest BCUT2D eigenvalue weighted by molar-refractivity contribution is 5.89. The molecule has 3 heteroatoms. The molecule has 0 amide bonds. The van der Waals surface area contributed by atoms with Crippen LogP contribution in [-0.2, 0) is 0 Å². The standard InChI is InChI=1S/C18H25N3/c1-12(2)17-20-16-11-7-5-9-14(16)18(21-17)19-15-10-6-4-8-13(15)3/h5,7,9,11-13,15H,4,6,8,10H2,1-3H3,(H,19,20,21). The number of hydrogen-bond donors (Lipinski definition) is 1. The third kappa shape index (κ3) is 3.02. The lowest BCUT2D eigenvalue weighted by molar-refractivity contribution is 0.349. The highest BCUT2D eigenvalue weighted by atomic mass is 15.1. The number of hydrogen-bond acceptors (Lipinski definition) is 3. The van der Waals surface area contributed by atoms with E-state index < -0.39 is 0 Å². The summed E-state index contributed by atoms with van der Waals surface area (Å²) in [7, 11) is 0. The zero-order valence-corrected chi connectivity index (χ0v) is 13.3. The van der Waals surface area contributed by atoms with E-state index in [2.05, 4.69) is 44.3 Å². The number of nitrogens with one attached hydrogen (secondary N) is 1. The van der Waals surface area contributed by atoms with E-state index in [9.17, 15) is 0 Å². The first-order valence-electron chi connectivity index (χ1n) is 8.18. The summed E-state index contributed by atoms with van der Waals surface area (Å²) >= 11 is 0. The molecule has 112 valence electrons. The summed E-state index contributed by atoms with van der Waals surface area (Å²) in [5.74, 6) is 3.01. The Labute approximate surface area is 127 Å². The van der Waals surface area contributed by atoms with Gasteiger partial charge in [0.25, 0.3) is 0 Å². The topological polar surface area (TPSA) is 37.8 Å². The van der Waals surface area contributed by atoms with Crippen LogP contribution in [0.25, 0.3) is 10.9 Å². The molecule has 3 nitrogen and oxygen atoms in total. The Kier molecular flexibility index (Phi) is 4.09. The maximum atomic E-state index is 4.81. The number of rotatable bonds is 3. The summed E-state index contributed by atoms with van der Waals surface area (Å²) in [4.78, 5) is 9.50. The molecule has 1 aromatic heterocycles. The lowest BCUT2D eigenvalue weighted by Crippen LogP contribution is -2.31. The van der Waals surface area contributed by atoms with E-state index in [1.807, 2.05) is 6.07 Å². The van der Waals surface area contributed by atoms with Crippen LogP contribution < -0.4 is 5.32 Å². The highest BCUT2D eigenvalue weighted by Gasteiger charge is 2.22. The minimum absolute atomic E-state index is 0.346. The molecule has 1 aromatic carbocycles. The lowest BCUT2D eigenvalue weighted by Gasteiger charge is -2.30. The number of anilines is 1. The summed E-state index contributed by atoms with van der Waals surface area (Å²) in [6.07, 6.45) is 5.25. The van der Waals surface area contributed by atoms with Gasteiger partial charge in [-0.2, -0.15) is 0 Å². The second-order valence-electron chi connectivity index (χ2n) is 6.61. The zero-order valence-electron chi connectivity index (χ0n) is 13.3. The molecule has 1 fully saturated rings. The van der Waals surface area contributed by atoms with Crippen molar-refractivity contribution in [2.24, 2.45) is 5.92 Å². The van der Waals surface area contributed by atoms with Crippen LogP contribution in [0.3, 0.4) is 0 Å². The first kappa shape index (κ1) is 14.3. The fourth-order valence-corrected chi connectivity index (χ4v) is 3.17. The molecule has 21 heavy (non-hydrogen) atoms. The molecule has 0 radical (unpaired) electrons. The Morgan fingerprint density at radius 3 is 2.62 bits per heavy atom. The van der Waals surface area contributed by atoms with Gasteiger partial charge >= 0.3 is 0 Å². The number of nitrogens with zero attached hydrogens (tertiary/aromatic N) is 2. The fraction of sp³-hybridized carbons (Fsp3) is 0.556. The van der Waals surface area contributed by atoms with Gasteiger partial charge in [-0.25, -0.2) is 9.97 Å². The van der Waals surface area contributed by atoms with Gasteiger partial charge in [0.1, 0.15) is 11.6 Å². The first-order valence-corrected chi connectivity index (χ1v) is 8.18. The predicted octanol–water partition coefficient (Wildman–Crippen LogP) is 4.74. The normalized spacial score (nSPS) is 22.7. The second kappa shape index (κ2) is 6.00. The van der Waals surface area contributed by atoms with Gasteiger partial charge in [-0.3, -0.25) is 0 Å². The van der Waals surface area contributed by atoms with E-state index in [4.69, 9.17) is 9.97 Å². The molecular formula is C18H25N3. The van der Waals surface area contributed by atoms with Gasteiger partial charge in [0.15, 0.2) is 0 Å². The van der Waals surface area contributed by atoms with Crippen molar-refractivity contribution in [3.05, 3.63) is 30.1 Å². The van der Waals surface area contributed by atoms with Gasteiger partial charge in [0.05, 0.1) is 5.52 Å². The Hall–Kier alpha value is -1.64. The average molecular weight is 283 g/mol. The van der Waals surface area contributed by atoms with Crippen molar-refractivity contribution in [1.82, 2.24) is 9.97 Å². The van der Waals surface area contributed by atoms with E-state index in [1.54, 1.807) is 0 Å². The maximum Gasteiger partial charge on any atom is 0.137 e.